The molecule has 5 fully saturated rings. The zero-order valence-corrected chi connectivity index (χ0v) is 26.4. The van der Waals surface area contributed by atoms with E-state index in [2.05, 4.69) is 20.0 Å². The van der Waals surface area contributed by atoms with Crippen molar-refractivity contribution in [1.82, 2.24) is 24.9 Å². The van der Waals surface area contributed by atoms with Crippen LogP contribution in [-0.2, 0) is 19.1 Å². The van der Waals surface area contributed by atoms with Gasteiger partial charge in [0.05, 0.1) is 35.9 Å². The molecule has 0 aromatic carbocycles. The molecule has 4 aliphatic heterocycles. The lowest BCUT2D eigenvalue weighted by Crippen LogP contribution is -2.74. The number of likely N-dealkylation sites (tertiary alicyclic amines) is 1. The maximum atomic E-state index is 16.3. The first-order valence-electron chi connectivity index (χ1n) is 16.2. The third-order valence-electron chi connectivity index (χ3n) is 10.1. The summed E-state index contributed by atoms with van der Waals surface area (Å²) in [6, 6.07) is -0.916. The smallest absolute Gasteiger partial charge is 0.410 e. The van der Waals surface area contributed by atoms with Gasteiger partial charge in [0.25, 0.3) is 5.91 Å². The van der Waals surface area contributed by atoms with Gasteiger partial charge in [-0.25, -0.2) is 9.18 Å². The van der Waals surface area contributed by atoms with Crippen molar-refractivity contribution in [2.24, 2.45) is 5.92 Å². The van der Waals surface area contributed by atoms with Crippen LogP contribution in [0.1, 0.15) is 59.3 Å². The number of ketones is 1. The molecule has 0 bridgehead atoms. The minimum atomic E-state index is -1.31. The number of nitrogens with zero attached hydrogens (tertiary/aromatic N) is 4. The number of morpholine rings is 1. The first kappa shape index (κ1) is 31.0. The zero-order valence-electron chi connectivity index (χ0n) is 25.7. The topological polar surface area (TPSA) is 94.7 Å². The standard InChI is InChI=1S/C31H47ClFN5O5/c1-31(2,3)43-30(41)37-14-12-36(13-15-37)26-22(33)17-20-25-28(26)42-24-16-19(32)6-7-23(24)38(25)18-21(27(20)39)29(40)34-8-11-35-9-4-5-10-35/h18-20,22-26,28H,4-17H2,1-3H3,(H,34,40). The van der Waals surface area contributed by atoms with E-state index in [0.29, 0.717) is 39.1 Å². The number of ether oxygens (including phenoxy) is 2. The third-order valence-corrected chi connectivity index (χ3v) is 10.5. The van der Waals surface area contributed by atoms with Crippen LogP contribution in [0.2, 0.25) is 0 Å². The number of hydrogen-bond acceptors (Lipinski definition) is 8. The Hall–Kier alpha value is -1.95. The Morgan fingerprint density at radius 3 is 2.49 bits per heavy atom. The maximum absolute atomic E-state index is 16.3. The highest BCUT2D eigenvalue weighted by molar-refractivity contribution is 6.21. The quantitative estimate of drug-likeness (QED) is 0.369. The predicted octanol–water partition coefficient (Wildman–Crippen LogP) is 2.54. The predicted molar refractivity (Wildman–Crippen MR) is 160 cm³/mol. The summed E-state index contributed by atoms with van der Waals surface area (Å²) in [5.41, 5.74) is -0.455. The zero-order chi connectivity index (χ0) is 30.5. The molecular formula is C31H47ClFN5O5. The van der Waals surface area contributed by atoms with E-state index >= 15 is 4.39 Å². The highest BCUT2D eigenvalue weighted by Gasteiger charge is 2.60. The van der Waals surface area contributed by atoms with Gasteiger partial charge in [-0.3, -0.25) is 14.5 Å². The summed E-state index contributed by atoms with van der Waals surface area (Å²) in [7, 11) is 0. The number of rotatable bonds is 5. The fourth-order valence-corrected chi connectivity index (χ4v) is 8.39. The second-order valence-corrected chi connectivity index (χ2v) is 14.7. The van der Waals surface area contributed by atoms with Crippen molar-refractivity contribution in [2.75, 3.05) is 52.4 Å². The second-order valence-electron chi connectivity index (χ2n) is 14.1. The van der Waals surface area contributed by atoms with Crippen LogP contribution in [0, 0.1) is 5.92 Å². The van der Waals surface area contributed by atoms with Crippen molar-refractivity contribution in [3.05, 3.63) is 11.8 Å². The molecule has 0 aromatic heterocycles. The van der Waals surface area contributed by atoms with Gasteiger partial charge in [-0.05, 0) is 72.4 Å². The van der Waals surface area contributed by atoms with Crippen LogP contribution >= 0.6 is 11.6 Å². The summed E-state index contributed by atoms with van der Waals surface area (Å²) in [5.74, 6) is -1.31. The number of fused-ring (bicyclic) bond motifs is 2. The lowest BCUT2D eigenvalue weighted by molar-refractivity contribution is -0.212. The van der Waals surface area contributed by atoms with Crippen molar-refractivity contribution in [3.8, 4) is 0 Å². The van der Waals surface area contributed by atoms with Crippen LogP contribution in [0.4, 0.5) is 9.18 Å². The highest BCUT2D eigenvalue weighted by Crippen LogP contribution is 2.47. The summed E-state index contributed by atoms with van der Waals surface area (Å²) >= 11 is 6.59. The van der Waals surface area contributed by atoms with Crippen molar-refractivity contribution >= 4 is 29.4 Å². The van der Waals surface area contributed by atoms with Crippen LogP contribution in [0.5, 0.6) is 0 Å². The van der Waals surface area contributed by atoms with E-state index < -0.39 is 29.8 Å². The Morgan fingerprint density at radius 2 is 1.79 bits per heavy atom. The van der Waals surface area contributed by atoms with E-state index in [1.165, 1.54) is 12.8 Å². The van der Waals surface area contributed by atoms with Gasteiger partial charge in [0.2, 0.25) is 0 Å². The maximum Gasteiger partial charge on any atom is 0.410 e. The SMILES string of the molecule is CC(C)(C)OC(=O)N1CCN(C2C(F)CC3C(=O)C(C(=O)NCCN4CCCC4)=CN4C5CCC(Cl)CC5OC2C34)CC1. The summed E-state index contributed by atoms with van der Waals surface area (Å²) < 4.78 is 28.6. The summed E-state index contributed by atoms with van der Waals surface area (Å²) in [6.45, 7) is 10.7. The summed E-state index contributed by atoms with van der Waals surface area (Å²) in [5, 5.41) is 2.93. The number of nitrogens with one attached hydrogen (secondary N) is 1. The third kappa shape index (κ3) is 6.42. The van der Waals surface area contributed by atoms with Gasteiger partial charge in [0.1, 0.15) is 11.8 Å². The average Bonchev–Trinajstić information content (AvgIpc) is 3.47. The molecule has 3 saturated heterocycles. The van der Waals surface area contributed by atoms with Crippen LogP contribution < -0.4 is 5.32 Å². The van der Waals surface area contributed by atoms with Crippen LogP contribution in [0.25, 0.3) is 0 Å². The Labute approximate surface area is 259 Å². The van der Waals surface area contributed by atoms with Gasteiger partial charge in [0, 0.05) is 56.8 Å². The number of amides is 2. The molecule has 240 valence electrons. The molecule has 1 N–H and O–H groups in total. The first-order chi connectivity index (χ1) is 20.5. The molecule has 0 aromatic rings. The van der Waals surface area contributed by atoms with E-state index in [-0.39, 0.29) is 53.3 Å². The molecule has 12 heteroatoms. The number of carbonyl (C=O) groups is 3. The van der Waals surface area contributed by atoms with Gasteiger partial charge >= 0.3 is 6.09 Å². The molecule has 0 radical (unpaired) electrons. The molecule has 10 nitrogen and oxygen atoms in total. The number of alkyl halides is 2. The number of Topliss-reactive ketones (excluding diaryl/α,β-unsaturated/α-hetero) is 1. The fraction of sp³-hybridized carbons (Fsp3) is 0.839. The molecule has 6 aliphatic rings. The van der Waals surface area contributed by atoms with Crippen LogP contribution in [-0.4, -0.2) is 137 Å². The Bertz CT molecular complexity index is 1100. The molecule has 8 atom stereocenters. The molecular weight excluding hydrogens is 577 g/mol. The lowest BCUT2D eigenvalue weighted by atomic mass is 9.69. The van der Waals surface area contributed by atoms with Crippen LogP contribution in [0.3, 0.4) is 0 Å². The molecule has 2 saturated carbocycles. The van der Waals surface area contributed by atoms with Crippen molar-refractivity contribution in [1.29, 1.82) is 0 Å². The second kappa shape index (κ2) is 12.4. The monoisotopic (exact) mass is 623 g/mol. The van der Waals surface area contributed by atoms with E-state index in [1.54, 1.807) is 11.1 Å². The van der Waals surface area contributed by atoms with Gasteiger partial charge in [-0.1, -0.05) is 0 Å². The first-order valence-corrected chi connectivity index (χ1v) is 16.6. The van der Waals surface area contributed by atoms with Crippen LogP contribution in [0.15, 0.2) is 11.8 Å². The molecule has 43 heavy (non-hydrogen) atoms. The average molecular weight is 624 g/mol. The normalized spacial score (nSPS) is 37.0. The molecule has 6 rings (SSSR count). The van der Waals surface area contributed by atoms with Gasteiger partial charge in [0.15, 0.2) is 5.78 Å². The molecule has 2 aliphatic carbocycles. The minimum absolute atomic E-state index is 0.0138. The van der Waals surface area contributed by atoms with Gasteiger partial charge in [-0.2, -0.15) is 0 Å². The Kier molecular flexibility index (Phi) is 8.99. The molecule has 4 heterocycles. The van der Waals surface area contributed by atoms with Gasteiger partial charge in [-0.15, -0.1) is 11.6 Å². The summed E-state index contributed by atoms with van der Waals surface area (Å²) in [4.78, 5) is 48.1. The molecule has 0 spiro atoms. The minimum Gasteiger partial charge on any atom is -0.444 e. The van der Waals surface area contributed by atoms with E-state index in [4.69, 9.17) is 21.1 Å². The van der Waals surface area contributed by atoms with E-state index in [0.717, 1.165) is 32.5 Å². The summed E-state index contributed by atoms with van der Waals surface area (Å²) in [6.07, 6.45) is 3.99. The Balaban J connectivity index is 1.21. The lowest BCUT2D eigenvalue weighted by Gasteiger charge is -2.60. The highest BCUT2D eigenvalue weighted by atomic mass is 35.5. The number of piperazine rings is 1. The van der Waals surface area contributed by atoms with E-state index in [9.17, 15) is 14.4 Å². The molecule has 2 amide bonds. The van der Waals surface area contributed by atoms with E-state index in [1.807, 2.05) is 20.8 Å². The van der Waals surface area contributed by atoms with Crippen molar-refractivity contribution in [3.63, 3.8) is 0 Å². The number of halogens is 2. The molecule has 8 unspecified atom stereocenters. The van der Waals surface area contributed by atoms with Crippen molar-refractivity contribution in [2.45, 2.75) is 107 Å². The number of carbonyl (C=O) groups excluding carboxylic acids is 3. The van der Waals surface area contributed by atoms with Crippen molar-refractivity contribution < 1.29 is 28.2 Å². The number of hydrogen-bond donors (Lipinski definition) is 1. The fourth-order valence-electron chi connectivity index (χ4n) is 8.09. The Morgan fingerprint density at radius 1 is 1.07 bits per heavy atom. The van der Waals surface area contributed by atoms with Gasteiger partial charge < -0.3 is 29.5 Å². The largest absolute Gasteiger partial charge is 0.444 e.